The lowest BCUT2D eigenvalue weighted by molar-refractivity contribution is -0.0529. The van der Waals surface area contributed by atoms with Gasteiger partial charge in [0.25, 0.3) is 0 Å². The molecule has 1 heterocycles. The minimum atomic E-state index is -5.59. The molecule has 0 aliphatic carbocycles. The van der Waals surface area contributed by atoms with Gasteiger partial charge in [-0.25, -0.2) is 0 Å². The average molecular weight is 335 g/mol. The van der Waals surface area contributed by atoms with Crippen molar-refractivity contribution in [2.75, 3.05) is 13.1 Å². The highest BCUT2D eigenvalue weighted by molar-refractivity contribution is 7.87. The molecule has 0 N–H and O–H groups in total. The summed E-state index contributed by atoms with van der Waals surface area (Å²) in [6, 6.07) is 9.62. The lowest BCUT2D eigenvalue weighted by Crippen LogP contribution is -2.35. The third-order valence-electron chi connectivity index (χ3n) is 3.31. The maximum Gasteiger partial charge on any atom is 0.534 e. The van der Waals surface area contributed by atoms with Crippen LogP contribution in [0.4, 0.5) is 13.2 Å². The molecule has 1 aliphatic rings. The lowest BCUT2D eigenvalue weighted by Gasteiger charge is -2.30. The number of halogens is 3. The Labute approximate surface area is 127 Å². The Morgan fingerprint density at radius 3 is 2.45 bits per heavy atom. The van der Waals surface area contributed by atoms with Gasteiger partial charge in [-0.1, -0.05) is 37.3 Å². The second-order valence-corrected chi connectivity index (χ2v) is 6.71. The van der Waals surface area contributed by atoms with Gasteiger partial charge in [0.15, 0.2) is 0 Å². The van der Waals surface area contributed by atoms with Gasteiger partial charge < -0.3 is 4.18 Å². The first kappa shape index (κ1) is 16.8. The predicted octanol–water partition coefficient (Wildman–Crippen LogP) is 2.89. The van der Waals surface area contributed by atoms with Crippen molar-refractivity contribution in [2.24, 2.45) is 5.92 Å². The van der Waals surface area contributed by atoms with Crippen LogP contribution in [0.3, 0.4) is 0 Å². The Balaban J connectivity index is 2.03. The molecule has 1 unspecified atom stereocenters. The van der Waals surface area contributed by atoms with E-state index in [0.29, 0.717) is 19.6 Å². The van der Waals surface area contributed by atoms with Crippen molar-refractivity contribution in [1.29, 1.82) is 0 Å². The number of hydrogen-bond acceptors (Lipinski definition) is 4. The average Bonchev–Trinajstić information content (AvgIpc) is 2.42. The van der Waals surface area contributed by atoms with Gasteiger partial charge in [-0.3, -0.25) is 4.90 Å². The standard InChI is InChI=1S/C14H16F3NO3S/c1-11-9-18(10-12-5-3-2-4-6-12)8-7-13(11)21-22(19,20)14(15,16)17/h2-7,11H,8-10H2,1H3. The van der Waals surface area contributed by atoms with Gasteiger partial charge in [0.05, 0.1) is 0 Å². The van der Waals surface area contributed by atoms with Crippen molar-refractivity contribution in [3.05, 3.63) is 47.7 Å². The topological polar surface area (TPSA) is 46.6 Å². The number of hydrogen-bond donors (Lipinski definition) is 0. The maximum atomic E-state index is 12.3. The van der Waals surface area contributed by atoms with Crippen molar-refractivity contribution in [3.63, 3.8) is 0 Å². The summed E-state index contributed by atoms with van der Waals surface area (Å²) in [6.45, 7) is 3.03. The fraction of sp³-hybridized carbons (Fsp3) is 0.429. The molecule has 1 aromatic rings. The van der Waals surface area contributed by atoms with E-state index in [2.05, 4.69) is 4.18 Å². The summed E-state index contributed by atoms with van der Waals surface area (Å²) in [5.41, 5.74) is -4.33. The third kappa shape index (κ3) is 4.01. The number of nitrogens with zero attached hydrogens (tertiary/aromatic N) is 1. The molecule has 1 atom stereocenters. The smallest absolute Gasteiger partial charge is 0.381 e. The van der Waals surface area contributed by atoms with Crippen LogP contribution in [0.5, 0.6) is 0 Å². The van der Waals surface area contributed by atoms with E-state index in [-0.39, 0.29) is 5.76 Å². The van der Waals surface area contributed by atoms with E-state index in [1.165, 1.54) is 6.08 Å². The van der Waals surface area contributed by atoms with Crippen LogP contribution in [0.1, 0.15) is 12.5 Å². The van der Waals surface area contributed by atoms with Gasteiger partial charge in [-0.2, -0.15) is 21.6 Å². The summed E-state index contributed by atoms with van der Waals surface area (Å²) in [5, 5.41) is 0. The fourth-order valence-electron chi connectivity index (χ4n) is 2.23. The molecule has 122 valence electrons. The largest absolute Gasteiger partial charge is 0.534 e. The summed E-state index contributed by atoms with van der Waals surface area (Å²) in [6.07, 6.45) is 1.39. The van der Waals surface area contributed by atoms with E-state index in [1.54, 1.807) is 6.92 Å². The summed E-state index contributed by atoms with van der Waals surface area (Å²) < 4.78 is 63.3. The Bertz CT molecular complexity index is 641. The first-order valence-electron chi connectivity index (χ1n) is 6.66. The molecule has 4 nitrogen and oxygen atoms in total. The van der Waals surface area contributed by atoms with E-state index in [1.807, 2.05) is 35.2 Å². The monoisotopic (exact) mass is 335 g/mol. The first-order chi connectivity index (χ1) is 10.2. The van der Waals surface area contributed by atoms with Gasteiger partial charge in [0.2, 0.25) is 0 Å². The van der Waals surface area contributed by atoms with Gasteiger partial charge in [0, 0.05) is 25.6 Å². The van der Waals surface area contributed by atoms with Crippen LogP contribution in [-0.2, 0) is 20.8 Å². The SMILES string of the molecule is CC1CN(Cc2ccccc2)CC=C1OS(=O)(=O)C(F)(F)F. The van der Waals surface area contributed by atoms with E-state index in [9.17, 15) is 21.6 Å². The number of alkyl halides is 3. The molecular weight excluding hydrogens is 319 g/mol. The van der Waals surface area contributed by atoms with Gasteiger partial charge in [-0.15, -0.1) is 0 Å². The lowest BCUT2D eigenvalue weighted by atomic mass is 10.0. The van der Waals surface area contributed by atoms with Crippen LogP contribution in [0, 0.1) is 5.92 Å². The molecule has 1 aromatic carbocycles. The van der Waals surface area contributed by atoms with Crippen molar-refractivity contribution < 1.29 is 25.8 Å². The van der Waals surface area contributed by atoms with Crippen LogP contribution < -0.4 is 0 Å². The highest BCUT2D eigenvalue weighted by atomic mass is 32.2. The quantitative estimate of drug-likeness (QED) is 0.627. The number of benzene rings is 1. The third-order valence-corrected chi connectivity index (χ3v) is 4.29. The van der Waals surface area contributed by atoms with Crippen LogP contribution in [0.2, 0.25) is 0 Å². The predicted molar refractivity (Wildman–Crippen MR) is 75.0 cm³/mol. The van der Waals surface area contributed by atoms with Gasteiger partial charge in [0.1, 0.15) is 5.76 Å². The Kier molecular flexibility index (Phi) is 4.81. The Morgan fingerprint density at radius 1 is 1.27 bits per heavy atom. The minimum absolute atomic E-state index is 0.151. The maximum absolute atomic E-state index is 12.3. The summed E-state index contributed by atoms with van der Waals surface area (Å²) in [7, 11) is -5.59. The zero-order valence-electron chi connectivity index (χ0n) is 11.9. The molecule has 0 bridgehead atoms. The highest BCUT2D eigenvalue weighted by Crippen LogP contribution is 2.30. The molecular formula is C14H16F3NO3S. The van der Waals surface area contributed by atoms with E-state index in [4.69, 9.17) is 0 Å². The first-order valence-corrected chi connectivity index (χ1v) is 8.07. The van der Waals surface area contributed by atoms with E-state index < -0.39 is 21.5 Å². The van der Waals surface area contributed by atoms with Crippen molar-refractivity contribution in [1.82, 2.24) is 4.90 Å². The molecule has 0 amide bonds. The second kappa shape index (κ2) is 6.29. The van der Waals surface area contributed by atoms with Crippen LogP contribution in [-0.4, -0.2) is 31.9 Å². The molecule has 0 spiro atoms. The van der Waals surface area contributed by atoms with Crippen LogP contribution in [0.15, 0.2) is 42.2 Å². The van der Waals surface area contributed by atoms with Crippen molar-refractivity contribution in [3.8, 4) is 0 Å². The Morgan fingerprint density at radius 2 is 1.91 bits per heavy atom. The number of rotatable bonds is 4. The highest BCUT2D eigenvalue weighted by Gasteiger charge is 2.49. The molecule has 0 saturated carbocycles. The summed E-state index contributed by atoms with van der Waals surface area (Å²) in [5.74, 6) is -0.587. The van der Waals surface area contributed by atoms with Crippen LogP contribution in [0.25, 0.3) is 0 Å². The van der Waals surface area contributed by atoms with Gasteiger partial charge >= 0.3 is 15.6 Å². The molecule has 2 rings (SSSR count). The van der Waals surface area contributed by atoms with Crippen molar-refractivity contribution >= 4 is 10.1 Å². The van der Waals surface area contributed by atoms with Gasteiger partial charge in [-0.05, 0) is 11.6 Å². The molecule has 1 aliphatic heterocycles. The normalized spacial score (nSPS) is 20.5. The second-order valence-electron chi connectivity index (χ2n) is 5.17. The molecule has 0 fully saturated rings. The molecule has 22 heavy (non-hydrogen) atoms. The molecule has 0 saturated heterocycles. The van der Waals surface area contributed by atoms with E-state index in [0.717, 1.165) is 5.56 Å². The molecule has 0 radical (unpaired) electrons. The Hall–Kier alpha value is -1.54. The van der Waals surface area contributed by atoms with Crippen molar-refractivity contribution in [2.45, 2.75) is 19.0 Å². The zero-order chi connectivity index (χ0) is 16.4. The summed E-state index contributed by atoms with van der Waals surface area (Å²) in [4.78, 5) is 2.01. The molecule has 8 heteroatoms. The summed E-state index contributed by atoms with van der Waals surface area (Å²) >= 11 is 0. The van der Waals surface area contributed by atoms with Crippen LogP contribution >= 0.6 is 0 Å². The fourth-order valence-corrected chi connectivity index (χ4v) is 2.81. The zero-order valence-corrected chi connectivity index (χ0v) is 12.7. The molecule has 0 aromatic heterocycles. The minimum Gasteiger partial charge on any atom is -0.381 e. The van der Waals surface area contributed by atoms with E-state index >= 15 is 0 Å².